The highest BCUT2D eigenvalue weighted by molar-refractivity contribution is 6.02. The lowest BCUT2D eigenvalue weighted by Crippen LogP contribution is -2.46. The maximum atomic E-state index is 12.3. The molecule has 3 atom stereocenters. The molecule has 3 unspecified atom stereocenters. The number of nitrogens with one attached hydrogen (secondary N) is 2. The molecule has 2 heterocycles. The third kappa shape index (κ3) is 2.60. The number of hydrogen-bond acceptors (Lipinski definition) is 4. The normalized spacial score (nSPS) is 19.9. The Kier molecular flexibility index (Phi) is 3.58. The van der Waals surface area contributed by atoms with Crippen LogP contribution in [0.5, 0.6) is 0 Å². The van der Waals surface area contributed by atoms with Crippen LogP contribution in [0.3, 0.4) is 0 Å². The van der Waals surface area contributed by atoms with Gasteiger partial charge in [-0.25, -0.2) is 4.98 Å². The average Bonchev–Trinajstić information content (AvgIpc) is 2.53. The summed E-state index contributed by atoms with van der Waals surface area (Å²) in [6.45, 7) is 1.98. The first-order chi connectivity index (χ1) is 10.2. The van der Waals surface area contributed by atoms with Gasteiger partial charge in [-0.15, -0.1) is 0 Å². The number of carbonyl (C=O) groups excluding carboxylic acids is 1. The van der Waals surface area contributed by atoms with Gasteiger partial charge in [0, 0.05) is 18.2 Å². The molecular weight excluding hydrogens is 264 g/mol. The maximum Gasteiger partial charge on any atom is 0.247 e. The first kappa shape index (κ1) is 13.6. The van der Waals surface area contributed by atoms with Crippen molar-refractivity contribution in [3.63, 3.8) is 0 Å². The molecule has 0 radical (unpaired) electrons. The lowest BCUT2D eigenvalue weighted by atomic mass is 9.88. The summed E-state index contributed by atoms with van der Waals surface area (Å²) >= 11 is 0. The van der Waals surface area contributed by atoms with Crippen LogP contribution in [0.1, 0.15) is 18.5 Å². The maximum absolute atomic E-state index is 12.3. The largest absolute Gasteiger partial charge is 0.356 e. The van der Waals surface area contributed by atoms with Gasteiger partial charge in [0.15, 0.2) is 0 Å². The smallest absolute Gasteiger partial charge is 0.247 e. The molecule has 3 rings (SSSR count). The van der Waals surface area contributed by atoms with Crippen molar-refractivity contribution in [3.05, 3.63) is 54.2 Å². The molecule has 0 fully saturated rings. The molecule has 0 aliphatic carbocycles. The fourth-order valence-electron chi connectivity index (χ4n) is 2.60. The number of amides is 1. The molecule has 1 aromatic carbocycles. The van der Waals surface area contributed by atoms with Gasteiger partial charge in [-0.05, 0) is 17.7 Å². The molecule has 0 saturated carbocycles. The van der Waals surface area contributed by atoms with E-state index in [-0.39, 0.29) is 17.9 Å². The first-order valence-corrected chi connectivity index (χ1v) is 7.00. The number of nitrogens with two attached hydrogens (primary N) is 1. The van der Waals surface area contributed by atoms with Gasteiger partial charge in [-0.1, -0.05) is 37.3 Å². The van der Waals surface area contributed by atoms with Gasteiger partial charge < -0.3 is 16.4 Å². The Morgan fingerprint density at radius 3 is 2.71 bits per heavy atom. The van der Waals surface area contributed by atoms with E-state index in [0.29, 0.717) is 11.5 Å². The minimum Gasteiger partial charge on any atom is -0.356 e. The third-order valence-electron chi connectivity index (χ3n) is 3.92. The van der Waals surface area contributed by atoms with Crippen LogP contribution in [0, 0.1) is 5.92 Å². The number of pyridine rings is 1. The predicted octanol–water partition coefficient (Wildman–Crippen LogP) is 2.15. The number of anilines is 2. The highest BCUT2D eigenvalue weighted by Gasteiger charge is 2.34. The van der Waals surface area contributed by atoms with E-state index in [2.05, 4.69) is 15.6 Å². The zero-order chi connectivity index (χ0) is 14.8. The first-order valence-electron chi connectivity index (χ1n) is 7.00. The van der Waals surface area contributed by atoms with Crippen molar-refractivity contribution in [2.45, 2.75) is 19.0 Å². The monoisotopic (exact) mass is 282 g/mol. The van der Waals surface area contributed by atoms with Crippen molar-refractivity contribution >= 4 is 17.4 Å². The van der Waals surface area contributed by atoms with Crippen molar-refractivity contribution in [2.24, 2.45) is 11.7 Å². The lowest BCUT2D eigenvalue weighted by molar-refractivity contribution is -0.118. The van der Waals surface area contributed by atoms with Gasteiger partial charge in [0.25, 0.3) is 0 Å². The third-order valence-corrected chi connectivity index (χ3v) is 3.92. The molecule has 0 saturated heterocycles. The highest BCUT2D eigenvalue weighted by atomic mass is 16.2. The van der Waals surface area contributed by atoms with E-state index in [1.54, 1.807) is 12.3 Å². The Hall–Kier alpha value is -2.40. The molecule has 21 heavy (non-hydrogen) atoms. The SMILES string of the molecule is CC(C1Nc2ncccc2NC1=O)C(N)c1ccccc1. The number of benzene rings is 1. The second-order valence-corrected chi connectivity index (χ2v) is 5.31. The summed E-state index contributed by atoms with van der Waals surface area (Å²) in [5.74, 6) is 0.547. The van der Waals surface area contributed by atoms with E-state index in [4.69, 9.17) is 5.73 Å². The second kappa shape index (κ2) is 5.54. The van der Waals surface area contributed by atoms with Gasteiger partial charge in [-0.2, -0.15) is 0 Å². The Balaban J connectivity index is 1.82. The summed E-state index contributed by atoms with van der Waals surface area (Å²) in [4.78, 5) is 16.5. The second-order valence-electron chi connectivity index (χ2n) is 5.31. The van der Waals surface area contributed by atoms with Crippen LogP contribution in [0.2, 0.25) is 0 Å². The molecule has 1 aliphatic rings. The topological polar surface area (TPSA) is 80.0 Å². The Morgan fingerprint density at radius 1 is 1.19 bits per heavy atom. The Labute approximate surface area is 123 Å². The molecule has 108 valence electrons. The van der Waals surface area contributed by atoms with Gasteiger partial charge in [0.2, 0.25) is 5.91 Å². The Bertz CT molecular complexity index is 644. The predicted molar refractivity (Wildman–Crippen MR) is 82.8 cm³/mol. The zero-order valence-electron chi connectivity index (χ0n) is 11.8. The standard InChI is InChI=1S/C16H18N4O/c1-10(13(17)11-6-3-2-4-7-11)14-16(21)19-12-8-5-9-18-15(12)20-14/h2-10,13-14H,17H2,1H3,(H,18,20)(H,19,21). The summed E-state index contributed by atoms with van der Waals surface area (Å²) in [7, 11) is 0. The van der Waals surface area contributed by atoms with Crippen molar-refractivity contribution < 1.29 is 4.79 Å². The molecular formula is C16H18N4O. The van der Waals surface area contributed by atoms with Crippen molar-refractivity contribution in [1.82, 2.24) is 4.98 Å². The van der Waals surface area contributed by atoms with E-state index < -0.39 is 6.04 Å². The molecule has 0 spiro atoms. The van der Waals surface area contributed by atoms with E-state index in [9.17, 15) is 4.79 Å². The summed E-state index contributed by atoms with van der Waals surface area (Å²) in [5, 5.41) is 6.07. The molecule has 0 bridgehead atoms. The van der Waals surface area contributed by atoms with Crippen molar-refractivity contribution in [1.29, 1.82) is 0 Å². The number of carbonyl (C=O) groups is 1. The van der Waals surface area contributed by atoms with Gasteiger partial charge >= 0.3 is 0 Å². The van der Waals surface area contributed by atoms with E-state index >= 15 is 0 Å². The van der Waals surface area contributed by atoms with Crippen LogP contribution < -0.4 is 16.4 Å². The van der Waals surface area contributed by atoms with Crippen LogP contribution >= 0.6 is 0 Å². The van der Waals surface area contributed by atoms with Crippen LogP contribution in [-0.2, 0) is 4.79 Å². The van der Waals surface area contributed by atoms with Gasteiger partial charge in [0.1, 0.15) is 11.9 Å². The highest BCUT2D eigenvalue weighted by Crippen LogP contribution is 2.30. The van der Waals surface area contributed by atoms with E-state index in [1.165, 1.54) is 0 Å². The van der Waals surface area contributed by atoms with Gasteiger partial charge in [0.05, 0.1) is 5.69 Å². The van der Waals surface area contributed by atoms with Crippen LogP contribution in [0.25, 0.3) is 0 Å². The van der Waals surface area contributed by atoms with Crippen molar-refractivity contribution in [2.75, 3.05) is 10.6 Å². The fourth-order valence-corrected chi connectivity index (χ4v) is 2.60. The molecule has 4 N–H and O–H groups in total. The number of hydrogen-bond donors (Lipinski definition) is 3. The Morgan fingerprint density at radius 2 is 1.95 bits per heavy atom. The summed E-state index contributed by atoms with van der Waals surface area (Å²) in [5.41, 5.74) is 8.04. The zero-order valence-corrected chi connectivity index (χ0v) is 11.8. The summed E-state index contributed by atoms with van der Waals surface area (Å²) < 4.78 is 0. The number of aromatic nitrogens is 1. The summed E-state index contributed by atoms with van der Waals surface area (Å²) in [6.07, 6.45) is 1.70. The summed E-state index contributed by atoms with van der Waals surface area (Å²) in [6, 6.07) is 12.8. The van der Waals surface area contributed by atoms with Crippen LogP contribution in [0.15, 0.2) is 48.7 Å². The minimum absolute atomic E-state index is 0.0671. The van der Waals surface area contributed by atoms with Crippen LogP contribution in [-0.4, -0.2) is 16.9 Å². The van der Waals surface area contributed by atoms with Crippen LogP contribution in [0.4, 0.5) is 11.5 Å². The minimum atomic E-state index is -0.400. The van der Waals surface area contributed by atoms with E-state index in [1.807, 2.05) is 43.3 Å². The molecule has 2 aromatic rings. The molecule has 1 amide bonds. The average molecular weight is 282 g/mol. The lowest BCUT2D eigenvalue weighted by Gasteiger charge is -2.33. The molecule has 1 aromatic heterocycles. The number of rotatable bonds is 3. The fraction of sp³-hybridized carbons (Fsp3) is 0.250. The molecule has 1 aliphatic heterocycles. The number of nitrogens with zero attached hydrogens (tertiary/aromatic N) is 1. The molecule has 5 nitrogen and oxygen atoms in total. The van der Waals surface area contributed by atoms with E-state index in [0.717, 1.165) is 5.56 Å². The molecule has 5 heteroatoms. The quantitative estimate of drug-likeness (QED) is 0.806. The van der Waals surface area contributed by atoms with Gasteiger partial charge in [-0.3, -0.25) is 4.79 Å². The van der Waals surface area contributed by atoms with Crippen molar-refractivity contribution in [3.8, 4) is 0 Å². The number of fused-ring (bicyclic) bond motifs is 1.